The molecule has 11 heteroatoms. The Morgan fingerprint density at radius 3 is 2.08 bits per heavy atom. The summed E-state index contributed by atoms with van der Waals surface area (Å²) in [5.41, 5.74) is 0. The highest BCUT2D eigenvalue weighted by molar-refractivity contribution is 8.13. The zero-order valence-electron chi connectivity index (χ0n) is 14.0. The molecule has 0 bridgehead atoms. The van der Waals surface area contributed by atoms with Gasteiger partial charge in [0.05, 0.1) is 18.3 Å². The molecule has 0 aliphatic rings. The van der Waals surface area contributed by atoms with Crippen LogP contribution in [0, 0.1) is 11.8 Å². The zero-order chi connectivity index (χ0) is 19.4. The molecule has 0 amide bonds. The first-order valence-electron chi connectivity index (χ1n) is 7.11. The van der Waals surface area contributed by atoms with Gasteiger partial charge in [0.15, 0.2) is 0 Å². The van der Waals surface area contributed by atoms with Crippen molar-refractivity contribution in [2.75, 3.05) is 19.3 Å². The van der Waals surface area contributed by atoms with Crippen molar-refractivity contribution in [2.45, 2.75) is 27.2 Å². The van der Waals surface area contributed by atoms with Crippen molar-refractivity contribution < 1.29 is 48.0 Å². The number of thioether (sulfide) groups is 1. The van der Waals surface area contributed by atoms with Crippen LogP contribution in [-0.2, 0) is 38.1 Å². The van der Waals surface area contributed by atoms with Gasteiger partial charge in [-0.3, -0.25) is 19.2 Å². The molecule has 0 aromatic carbocycles. The molecule has 142 valence electrons. The number of carbonyl (C=O) groups is 5. The van der Waals surface area contributed by atoms with Gasteiger partial charge in [-0.05, 0) is 11.8 Å². The summed E-state index contributed by atoms with van der Waals surface area (Å²) in [6, 6.07) is 0. The number of rotatable bonds is 10. The third kappa shape index (κ3) is 11.8. The van der Waals surface area contributed by atoms with Crippen molar-refractivity contribution in [3.05, 3.63) is 0 Å². The van der Waals surface area contributed by atoms with Gasteiger partial charge in [0, 0.05) is 12.7 Å². The van der Waals surface area contributed by atoms with E-state index in [1.165, 1.54) is 0 Å². The Morgan fingerprint density at radius 2 is 1.56 bits per heavy atom. The number of hydrogen-bond acceptors (Lipinski definition) is 10. The third-order valence-electron chi connectivity index (χ3n) is 2.50. The fourth-order valence-electron chi connectivity index (χ4n) is 1.17. The van der Waals surface area contributed by atoms with Crippen molar-refractivity contribution in [3.8, 4) is 0 Å². The highest BCUT2D eigenvalue weighted by Crippen LogP contribution is 2.16. The minimum Gasteiger partial charge on any atom is -0.481 e. The minimum atomic E-state index is -1.31. The SMILES string of the molecule is CC(=O)OCOC(=O)C[C@@H](CSC(=O)OCOC(=O)C(C)C)C(=O)O. The molecule has 1 N–H and O–H groups in total. The van der Waals surface area contributed by atoms with Crippen molar-refractivity contribution in [1.29, 1.82) is 0 Å². The van der Waals surface area contributed by atoms with Crippen LogP contribution in [0.2, 0.25) is 0 Å². The van der Waals surface area contributed by atoms with Crippen LogP contribution >= 0.6 is 11.8 Å². The van der Waals surface area contributed by atoms with Gasteiger partial charge in [0.2, 0.25) is 13.6 Å². The fraction of sp³-hybridized carbons (Fsp3) is 0.643. The first kappa shape index (κ1) is 22.7. The summed E-state index contributed by atoms with van der Waals surface area (Å²) in [6.45, 7) is 3.14. The first-order chi connectivity index (χ1) is 11.6. The maximum Gasteiger partial charge on any atom is 0.370 e. The quantitative estimate of drug-likeness (QED) is 0.431. The molecule has 0 saturated carbocycles. The second-order valence-electron chi connectivity index (χ2n) is 4.95. The lowest BCUT2D eigenvalue weighted by atomic mass is 10.1. The van der Waals surface area contributed by atoms with Crippen LogP contribution in [0.25, 0.3) is 0 Å². The van der Waals surface area contributed by atoms with Gasteiger partial charge in [0.25, 0.3) is 0 Å². The number of esters is 3. The lowest BCUT2D eigenvalue weighted by molar-refractivity contribution is -0.167. The monoisotopic (exact) mass is 380 g/mol. The van der Waals surface area contributed by atoms with Gasteiger partial charge in [-0.25, -0.2) is 4.79 Å². The summed E-state index contributed by atoms with van der Waals surface area (Å²) in [6.07, 6.45) is -0.515. The summed E-state index contributed by atoms with van der Waals surface area (Å²) in [5.74, 6) is -5.24. The summed E-state index contributed by atoms with van der Waals surface area (Å²) in [7, 11) is 0. The topological polar surface area (TPSA) is 142 Å². The Labute approximate surface area is 148 Å². The Kier molecular flexibility index (Phi) is 11.0. The Bertz CT molecular complexity index is 502. The maximum absolute atomic E-state index is 11.4. The van der Waals surface area contributed by atoms with E-state index >= 15 is 0 Å². The molecule has 1 atom stereocenters. The van der Waals surface area contributed by atoms with Crippen LogP contribution in [-0.4, -0.2) is 53.6 Å². The van der Waals surface area contributed by atoms with Crippen molar-refractivity contribution in [1.82, 2.24) is 0 Å². The summed E-state index contributed by atoms with van der Waals surface area (Å²) in [5, 5.41) is 8.18. The fourth-order valence-corrected chi connectivity index (χ4v) is 1.90. The molecule has 0 aromatic rings. The third-order valence-corrected chi connectivity index (χ3v) is 3.42. The normalized spacial score (nSPS) is 11.4. The zero-order valence-corrected chi connectivity index (χ0v) is 14.8. The lowest BCUT2D eigenvalue weighted by Crippen LogP contribution is -2.23. The van der Waals surface area contributed by atoms with E-state index in [1.54, 1.807) is 13.8 Å². The van der Waals surface area contributed by atoms with Crippen LogP contribution < -0.4 is 0 Å². The average molecular weight is 380 g/mol. The van der Waals surface area contributed by atoms with E-state index in [9.17, 15) is 24.0 Å². The molecule has 0 rings (SSSR count). The summed E-state index contributed by atoms with van der Waals surface area (Å²) < 4.78 is 18.1. The number of carboxylic acid groups (broad SMARTS) is 1. The maximum atomic E-state index is 11.4. The van der Waals surface area contributed by atoms with Gasteiger partial charge in [-0.2, -0.15) is 0 Å². The molecule has 0 radical (unpaired) electrons. The highest BCUT2D eigenvalue weighted by Gasteiger charge is 2.24. The number of aliphatic carboxylic acids is 1. The number of carbonyl (C=O) groups excluding carboxylic acids is 4. The molecular weight excluding hydrogens is 360 g/mol. The van der Waals surface area contributed by atoms with Crippen LogP contribution in [0.5, 0.6) is 0 Å². The van der Waals surface area contributed by atoms with Crippen LogP contribution in [0.1, 0.15) is 27.2 Å². The smallest absolute Gasteiger partial charge is 0.370 e. The summed E-state index contributed by atoms with van der Waals surface area (Å²) in [4.78, 5) is 55.6. The first-order valence-corrected chi connectivity index (χ1v) is 8.10. The Balaban J connectivity index is 4.16. The molecule has 0 spiro atoms. The summed E-state index contributed by atoms with van der Waals surface area (Å²) >= 11 is 0.517. The predicted octanol–water partition coefficient (Wildman–Crippen LogP) is 1.17. The second-order valence-corrected chi connectivity index (χ2v) is 5.91. The standard InChI is InChI=1S/C14H20O10S/c1-8(2)13(19)23-7-24-14(20)25-5-10(12(17)18)4-11(16)22-6-21-9(3)15/h8,10H,4-7H2,1-3H3,(H,17,18)/t10-/m0/s1. The van der Waals surface area contributed by atoms with Gasteiger partial charge < -0.3 is 24.1 Å². The average Bonchev–Trinajstić information content (AvgIpc) is 2.50. The van der Waals surface area contributed by atoms with Gasteiger partial charge in [-0.1, -0.05) is 13.8 Å². The lowest BCUT2D eigenvalue weighted by Gasteiger charge is -2.11. The van der Waals surface area contributed by atoms with Crippen LogP contribution in [0.3, 0.4) is 0 Å². The molecule has 10 nitrogen and oxygen atoms in total. The molecule has 0 fully saturated rings. The van der Waals surface area contributed by atoms with E-state index in [4.69, 9.17) is 5.11 Å². The van der Waals surface area contributed by atoms with E-state index in [-0.39, 0.29) is 11.7 Å². The number of hydrogen-bond donors (Lipinski definition) is 1. The van der Waals surface area contributed by atoms with E-state index in [2.05, 4.69) is 18.9 Å². The largest absolute Gasteiger partial charge is 0.481 e. The minimum absolute atomic E-state index is 0.255. The van der Waals surface area contributed by atoms with E-state index in [0.717, 1.165) is 6.92 Å². The van der Waals surface area contributed by atoms with Crippen LogP contribution in [0.15, 0.2) is 0 Å². The molecule has 0 aliphatic heterocycles. The molecule has 0 aromatic heterocycles. The second kappa shape index (κ2) is 12.1. The van der Waals surface area contributed by atoms with Crippen molar-refractivity contribution in [3.63, 3.8) is 0 Å². The molecule has 0 aliphatic carbocycles. The van der Waals surface area contributed by atoms with E-state index < -0.39 is 55.1 Å². The van der Waals surface area contributed by atoms with Crippen molar-refractivity contribution in [2.24, 2.45) is 11.8 Å². The number of ether oxygens (including phenoxy) is 4. The molecule has 25 heavy (non-hydrogen) atoms. The molecule has 0 unspecified atom stereocenters. The number of carboxylic acids is 1. The van der Waals surface area contributed by atoms with Gasteiger partial charge in [-0.15, -0.1) is 0 Å². The van der Waals surface area contributed by atoms with Gasteiger partial charge in [0.1, 0.15) is 0 Å². The van der Waals surface area contributed by atoms with Crippen molar-refractivity contribution >= 4 is 40.9 Å². The molecule has 0 heterocycles. The molecule has 0 saturated heterocycles. The van der Waals surface area contributed by atoms with E-state index in [0.29, 0.717) is 11.8 Å². The Morgan fingerprint density at radius 1 is 0.960 bits per heavy atom. The predicted molar refractivity (Wildman–Crippen MR) is 83.2 cm³/mol. The Hall–Kier alpha value is -2.30. The van der Waals surface area contributed by atoms with Crippen LogP contribution in [0.4, 0.5) is 4.79 Å². The van der Waals surface area contributed by atoms with Gasteiger partial charge >= 0.3 is 29.2 Å². The van der Waals surface area contributed by atoms with E-state index in [1.807, 2.05) is 0 Å². The highest BCUT2D eigenvalue weighted by atomic mass is 32.2. The molecular formula is C14H20O10S.